The SMILES string of the molecule is CCC(C)[C@H](CC(=O)[C@@]1(NC(=O)[C@@H](CC(=O)Cc2ccccc2F)C(C)CC)CCc2[nH]c3c(C(F)(F)F)cccc3c2C1)C(=O)NN. The number of Topliss-reactive ketones (excluding diaryl/α,β-unsaturated/α-hetero) is 2. The van der Waals surface area contributed by atoms with Crippen molar-refractivity contribution in [3.8, 4) is 0 Å². The van der Waals surface area contributed by atoms with Crippen molar-refractivity contribution >= 4 is 34.3 Å². The predicted molar refractivity (Wildman–Crippen MR) is 174 cm³/mol. The lowest BCUT2D eigenvalue weighted by molar-refractivity contribution is -0.139. The fourth-order valence-electron chi connectivity index (χ4n) is 6.80. The second kappa shape index (κ2) is 15.0. The number of carbonyl (C=O) groups excluding carboxylic acids is 4. The van der Waals surface area contributed by atoms with Crippen molar-refractivity contribution in [1.29, 1.82) is 0 Å². The Morgan fingerprint density at radius 3 is 2.19 bits per heavy atom. The Hall–Kier alpha value is -4.06. The van der Waals surface area contributed by atoms with E-state index < -0.39 is 52.5 Å². The molecule has 3 aromatic rings. The summed E-state index contributed by atoms with van der Waals surface area (Å²) in [6.07, 6.45) is -4.07. The van der Waals surface area contributed by atoms with Crippen molar-refractivity contribution in [2.75, 3.05) is 0 Å². The minimum Gasteiger partial charge on any atom is -0.358 e. The predicted octanol–water partition coefficient (Wildman–Crippen LogP) is 6.15. The molecule has 0 spiro atoms. The van der Waals surface area contributed by atoms with Gasteiger partial charge in [-0.2, -0.15) is 13.2 Å². The zero-order valence-electron chi connectivity index (χ0n) is 27.7. The molecule has 1 aliphatic carbocycles. The molecule has 1 aliphatic rings. The summed E-state index contributed by atoms with van der Waals surface area (Å²) in [5.74, 6) is 0.849. The number of aromatic nitrogens is 1. The Morgan fingerprint density at radius 1 is 0.938 bits per heavy atom. The van der Waals surface area contributed by atoms with Crippen molar-refractivity contribution in [2.24, 2.45) is 29.5 Å². The first kappa shape index (κ1) is 36.8. The maximum Gasteiger partial charge on any atom is 0.418 e. The van der Waals surface area contributed by atoms with Crippen molar-refractivity contribution < 1.29 is 36.7 Å². The monoisotopic (exact) mass is 672 g/mol. The first-order valence-corrected chi connectivity index (χ1v) is 16.5. The number of H-pyrrole nitrogens is 1. The molecule has 1 aromatic heterocycles. The smallest absolute Gasteiger partial charge is 0.358 e. The molecule has 0 aliphatic heterocycles. The molecule has 2 aromatic carbocycles. The molecule has 1 heterocycles. The molecule has 0 fully saturated rings. The van der Waals surface area contributed by atoms with Gasteiger partial charge in [-0.15, -0.1) is 0 Å². The van der Waals surface area contributed by atoms with E-state index >= 15 is 0 Å². The normalized spacial score (nSPS) is 18.8. The van der Waals surface area contributed by atoms with E-state index in [0.29, 0.717) is 29.5 Å². The molecule has 0 saturated heterocycles. The number of rotatable bonds is 14. The van der Waals surface area contributed by atoms with Gasteiger partial charge in [-0.25, -0.2) is 10.2 Å². The summed E-state index contributed by atoms with van der Waals surface area (Å²) in [7, 11) is 0. The van der Waals surface area contributed by atoms with Crippen molar-refractivity contribution in [3.05, 3.63) is 70.7 Å². The number of aromatic amines is 1. The third-order valence-corrected chi connectivity index (χ3v) is 10.2. The van der Waals surface area contributed by atoms with E-state index in [1.807, 2.05) is 27.7 Å². The Bertz CT molecular complexity index is 1670. The van der Waals surface area contributed by atoms with E-state index in [1.165, 1.54) is 24.3 Å². The van der Waals surface area contributed by atoms with Crippen LogP contribution in [-0.4, -0.2) is 33.9 Å². The van der Waals surface area contributed by atoms with Crippen molar-refractivity contribution in [1.82, 2.24) is 15.7 Å². The number of fused-ring (bicyclic) bond motifs is 3. The number of nitrogens with two attached hydrogens (primary N) is 1. The summed E-state index contributed by atoms with van der Waals surface area (Å²) in [5.41, 5.74) is 0.854. The molecular formula is C36H44F4N4O4. The van der Waals surface area contributed by atoms with Crippen LogP contribution >= 0.6 is 0 Å². The number of carbonyl (C=O) groups is 4. The van der Waals surface area contributed by atoms with Gasteiger partial charge in [0.1, 0.15) is 17.1 Å². The zero-order chi connectivity index (χ0) is 35.4. The number of hydrazine groups is 1. The number of amides is 2. The number of aryl methyl sites for hydroxylation is 1. The van der Waals surface area contributed by atoms with E-state index in [-0.39, 0.29) is 67.2 Å². The molecule has 0 saturated carbocycles. The molecule has 48 heavy (non-hydrogen) atoms. The van der Waals surface area contributed by atoms with Gasteiger partial charge in [0.05, 0.1) is 11.1 Å². The number of nitrogens with one attached hydrogen (secondary N) is 3. The van der Waals surface area contributed by atoms with Crippen LogP contribution in [0, 0.1) is 29.5 Å². The highest BCUT2D eigenvalue weighted by atomic mass is 19.4. The summed E-state index contributed by atoms with van der Waals surface area (Å²) in [6.45, 7) is 7.37. The third-order valence-electron chi connectivity index (χ3n) is 10.2. The number of halogens is 4. The van der Waals surface area contributed by atoms with Gasteiger partial charge in [0.15, 0.2) is 5.78 Å². The Balaban J connectivity index is 1.73. The Kier molecular flexibility index (Phi) is 11.5. The van der Waals surface area contributed by atoms with Crippen LogP contribution in [0.25, 0.3) is 10.9 Å². The maximum atomic E-state index is 14.4. The van der Waals surface area contributed by atoms with Gasteiger partial charge in [0, 0.05) is 48.6 Å². The third kappa shape index (κ3) is 7.80. The molecule has 8 nitrogen and oxygen atoms in total. The standard InChI is InChI=1S/C36H44F4N4O4/c1-5-20(3)25(17-23(45)16-22-10-7-8-13-29(22)37)33(47)43-35(31(46)18-26(21(4)6-2)34(48)44-41)15-14-30-27(19-35)24-11-9-12-28(32(24)42-30)36(38,39)40/h7-13,20-21,25-26,42H,5-6,14-19,41H2,1-4H3,(H,43,47)(H,44,48)/t20?,21?,25-,26-,35+/m0/s1. The number of hydrogen-bond donors (Lipinski definition) is 4. The number of hydrogen-bond acceptors (Lipinski definition) is 5. The molecule has 5 N–H and O–H groups in total. The molecule has 2 amide bonds. The number of benzene rings is 2. The topological polar surface area (TPSA) is 134 Å². The van der Waals surface area contributed by atoms with Gasteiger partial charge in [0.25, 0.3) is 0 Å². The lowest BCUT2D eigenvalue weighted by Gasteiger charge is -2.39. The van der Waals surface area contributed by atoms with Crippen LogP contribution in [-0.2, 0) is 44.6 Å². The number of ketones is 2. The average Bonchev–Trinajstić information content (AvgIpc) is 3.43. The van der Waals surface area contributed by atoms with Gasteiger partial charge in [-0.1, -0.05) is 70.9 Å². The van der Waals surface area contributed by atoms with Crippen LogP contribution in [0.1, 0.15) is 82.2 Å². The minimum absolute atomic E-state index is 0.0621. The lowest BCUT2D eigenvalue weighted by Crippen LogP contribution is -2.60. The van der Waals surface area contributed by atoms with Crippen LogP contribution in [0.3, 0.4) is 0 Å². The Labute approximate surface area is 277 Å². The largest absolute Gasteiger partial charge is 0.418 e. The van der Waals surface area contributed by atoms with Crippen molar-refractivity contribution in [2.45, 2.75) is 90.8 Å². The first-order chi connectivity index (χ1) is 22.6. The number of alkyl halides is 3. The van der Waals surface area contributed by atoms with E-state index in [0.717, 1.165) is 6.07 Å². The van der Waals surface area contributed by atoms with Gasteiger partial charge in [-0.05, 0) is 47.9 Å². The van der Waals surface area contributed by atoms with E-state index in [1.54, 1.807) is 12.1 Å². The summed E-state index contributed by atoms with van der Waals surface area (Å²) in [4.78, 5) is 57.5. The van der Waals surface area contributed by atoms with Crippen molar-refractivity contribution in [3.63, 3.8) is 0 Å². The first-order valence-electron chi connectivity index (χ1n) is 16.5. The second-order valence-electron chi connectivity index (χ2n) is 13.2. The summed E-state index contributed by atoms with van der Waals surface area (Å²) >= 11 is 0. The van der Waals surface area contributed by atoms with Crippen LogP contribution in [0.15, 0.2) is 42.5 Å². The number of para-hydroxylation sites is 1. The maximum absolute atomic E-state index is 14.4. The highest BCUT2D eigenvalue weighted by Crippen LogP contribution is 2.41. The van der Waals surface area contributed by atoms with Gasteiger partial charge < -0.3 is 10.3 Å². The molecule has 0 bridgehead atoms. The zero-order valence-corrected chi connectivity index (χ0v) is 27.7. The molecular weight excluding hydrogens is 628 g/mol. The van der Waals surface area contributed by atoms with Crippen LogP contribution in [0.4, 0.5) is 17.6 Å². The Morgan fingerprint density at radius 2 is 1.58 bits per heavy atom. The summed E-state index contributed by atoms with van der Waals surface area (Å²) < 4.78 is 56.1. The lowest BCUT2D eigenvalue weighted by atomic mass is 9.72. The molecule has 0 radical (unpaired) electrons. The second-order valence-corrected chi connectivity index (χ2v) is 13.2. The van der Waals surface area contributed by atoms with Gasteiger partial charge >= 0.3 is 6.18 Å². The van der Waals surface area contributed by atoms with Gasteiger partial charge in [-0.3, -0.25) is 24.6 Å². The highest BCUT2D eigenvalue weighted by Gasteiger charge is 2.47. The van der Waals surface area contributed by atoms with E-state index in [2.05, 4.69) is 15.7 Å². The highest BCUT2D eigenvalue weighted by molar-refractivity contribution is 5.99. The molecule has 12 heteroatoms. The summed E-state index contributed by atoms with van der Waals surface area (Å²) in [5, 5.41) is 3.27. The fraction of sp³-hybridized carbons (Fsp3) is 0.500. The molecule has 5 atom stereocenters. The average molecular weight is 673 g/mol. The van der Waals surface area contributed by atoms with Gasteiger partial charge in [0.2, 0.25) is 11.8 Å². The van der Waals surface area contributed by atoms with E-state index in [9.17, 15) is 36.7 Å². The van der Waals surface area contributed by atoms with Crippen LogP contribution in [0.5, 0.6) is 0 Å². The fourth-order valence-corrected chi connectivity index (χ4v) is 6.80. The molecule has 4 rings (SSSR count). The molecule has 2 unspecified atom stereocenters. The van der Waals surface area contributed by atoms with Crippen LogP contribution in [0.2, 0.25) is 0 Å². The quantitative estimate of drug-likeness (QED) is 0.0706. The van der Waals surface area contributed by atoms with Crippen LogP contribution < -0.4 is 16.6 Å². The molecule has 260 valence electrons. The minimum atomic E-state index is -4.62. The summed E-state index contributed by atoms with van der Waals surface area (Å²) in [6, 6.07) is 9.75. The van der Waals surface area contributed by atoms with E-state index in [4.69, 9.17) is 5.84 Å².